The maximum absolute atomic E-state index is 13.3. The summed E-state index contributed by atoms with van der Waals surface area (Å²) in [6, 6.07) is 9.26. The minimum atomic E-state index is -3.74. The molecule has 1 aromatic carbocycles. The molecule has 1 atom stereocenters. The number of nitrogens with zero attached hydrogens (tertiary/aromatic N) is 1. The number of ether oxygens (including phenoxy) is 1. The van der Waals surface area contributed by atoms with Crippen LogP contribution in [-0.2, 0) is 21.3 Å². The first-order valence-electron chi connectivity index (χ1n) is 8.88. The molecule has 0 aliphatic carbocycles. The first-order chi connectivity index (χ1) is 12.9. The highest BCUT2D eigenvalue weighted by Gasteiger charge is 2.30. The van der Waals surface area contributed by atoms with Crippen molar-refractivity contribution in [3.63, 3.8) is 0 Å². The van der Waals surface area contributed by atoms with E-state index in [1.165, 1.54) is 22.8 Å². The molecule has 1 saturated heterocycles. The molecular formula is C19H24N2O4S2. The highest BCUT2D eigenvalue weighted by atomic mass is 32.2. The van der Waals surface area contributed by atoms with Gasteiger partial charge in [-0.05, 0) is 31.4 Å². The summed E-state index contributed by atoms with van der Waals surface area (Å²) >= 11 is 1.13. The minimum Gasteiger partial charge on any atom is -0.377 e. The molecule has 1 aliphatic rings. The molecule has 1 fully saturated rings. The lowest BCUT2D eigenvalue weighted by molar-refractivity contribution is 0.0925. The van der Waals surface area contributed by atoms with E-state index in [2.05, 4.69) is 5.32 Å². The van der Waals surface area contributed by atoms with E-state index in [9.17, 15) is 13.2 Å². The monoisotopic (exact) mass is 408 g/mol. The topological polar surface area (TPSA) is 75.7 Å². The molecule has 146 valence electrons. The minimum absolute atomic E-state index is 0.0957. The van der Waals surface area contributed by atoms with E-state index in [0.717, 1.165) is 35.3 Å². The molecular weight excluding hydrogens is 384 g/mol. The van der Waals surface area contributed by atoms with Gasteiger partial charge in [0.25, 0.3) is 5.91 Å². The van der Waals surface area contributed by atoms with E-state index in [-0.39, 0.29) is 23.5 Å². The smallest absolute Gasteiger partial charge is 0.261 e. The molecule has 1 aromatic heterocycles. The number of amides is 1. The van der Waals surface area contributed by atoms with Gasteiger partial charge in [-0.3, -0.25) is 4.79 Å². The first-order valence-corrected chi connectivity index (χ1v) is 11.2. The summed E-state index contributed by atoms with van der Waals surface area (Å²) in [4.78, 5) is 12.3. The van der Waals surface area contributed by atoms with E-state index in [1.54, 1.807) is 0 Å². The third-order valence-electron chi connectivity index (χ3n) is 4.54. The van der Waals surface area contributed by atoms with Gasteiger partial charge < -0.3 is 10.1 Å². The molecule has 0 bridgehead atoms. The fraction of sp³-hybridized carbons (Fsp3) is 0.421. The molecule has 2 aromatic rings. The van der Waals surface area contributed by atoms with Crippen LogP contribution in [0.15, 0.2) is 40.6 Å². The van der Waals surface area contributed by atoms with Crippen LogP contribution >= 0.6 is 11.3 Å². The number of sulfonamides is 1. The van der Waals surface area contributed by atoms with E-state index in [4.69, 9.17) is 4.74 Å². The molecule has 1 unspecified atom stereocenters. The van der Waals surface area contributed by atoms with E-state index in [0.29, 0.717) is 18.0 Å². The summed E-state index contributed by atoms with van der Waals surface area (Å²) in [6.45, 7) is 3.23. The van der Waals surface area contributed by atoms with Crippen molar-refractivity contribution >= 4 is 27.3 Å². The van der Waals surface area contributed by atoms with Crippen LogP contribution in [-0.4, -0.2) is 44.9 Å². The van der Waals surface area contributed by atoms with E-state index >= 15 is 0 Å². The van der Waals surface area contributed by atoms with Crippen LogP contribution in [0.2, 0.25) is 0 Å². The second-order valence-electron chi connectivity index (χ2n) is 6.65. The lowest BCUT2D eigenvalue weighted by atomic mass is 10.1. The number of hydrogen-bond acceptors (Lipinski definition) is 5. The Morgan fingerprint density at radius 2 is 2.19 bits per heavy atom. The molecule has 0 spiro atoms. The Bertz CT molecular complexity index is 902. The highest BCUT2D eigenvalue weighted by Crippen LogP contribution is 2.26. The van der Waals surface area contributed by atoms with Crippen molar-refractivity contribution in [2.24, 2.45) is 0 Å². The summed E-state index contributed by atoms with van der Waals surface area (Å²) in [5.74, 6) is -0.286. The zero-order chi connectivity index (χ0) is 19.4. The Hall–Kier alpha value is -1.74. The van der Waals surface area contributed by atoms with Crippen LogP contribution in [0.25, 0.3) is 0 Å². The van der Waals surface area contributed by atoms with Gasteiger partial charge in [0.1, 0.15) is 0 Å². The number of carbonyl (C=O) groups is 1. The fourth-order valence-corrected chi connectivity index (χ4v) is 5.79. The molecule has 27 heavy (non-hydrogen) atoms. The predicted octanol–water partition coefficient (Wildman–Crippen LogP) is 2.79. The van der Waals surface area contributed by atoms with Gasteiger partial charge in [-0.2, -0.15) is 4.31 Å². The summed E-state index contributed by atoms with van der Waals surface area (Å²) in [7, 11) is -2.21. The van der Waals surface area contributed by atoms with Gasteiger partial charge in [0, 0.05) is 32.1 Å². The standard InChI is InChI=1S/C19H24N2O4S2/c1-14-5-3-6-15(9-14)11-21(12-16-7-4-8-25-16)27(23,24)17-10-18(26-13-17)19(22)20-2/h3,5-6,9-10,13,16H,4,7-8,11-12H2,1-2H3,(H,20,22). The van der Waals surface area contributed by atoms with Crippen LogP contribution < -0.4 is 5.32 Å². The Kier molecular flexibility index (Phi) is 6.31. The second kappa shape index (κ2) is 8.52. The Morgan fingerprint density at radius 1 is 1.37 bits per heavy atom. The second-order valence-corrected chi connectivity index (χ2v) is 9.50. The van der Waals surface area contributed by atoms with Crippen molar-refractivity contribution < 1.29 is 17.9 Å². The van der Waals surface area contributed by atoms with Gasteiger partial charge in [0.05, 0.1) is 15.9 Å². The fourth-order valence-electron chi connectivity index (χ4n) is 3.12. The number of carbonyl (C=O) groups excluding carboxylic acids is 1. The molecule has 3 rings (SSSR count). The number of benzene rings is 1. The van der Waals surface area contributed by atoms with Crippen molar-refractivity contribution in [1.29, 1.82) is 0 Å². The maximum atomic E-state index is 13.3. The van der Waals surface area contributed by atoms with E-state index in [1.807, 2.05) is 31.2 Å². The van der Waals surface area contributed by atoms with Crippen molar-refractivity contribution in [2.75, 3.05) is 20.2 Å². The van der Waals surface area contributed by atoms with Crippen LogP contribution in [0, 0.1) is 6.92 Å². The zero-order valence-electron chi connectivity index (χ0n) is 15.5. The average molecular weight is 409 g/mol. The summed E-state index contributed by atoms with van der Waals surface area (Å²) in [6.07, 6.45) is 1.71. The quantitative estimate of drug-likeness (QED) is 0.764. The molecule has 1 N–H and O–H groups in total. The number of aryl methyl sites for hydroxylation is 1. The van der Waals surface area contributed by atoms with Gasteiger partial charge in [-0.25, -0.2) is 8.42 Å². The van der Waals surface area contributed by atoms with Crippen molar-refractivity contribution in [1.82, 2.24) is 9.62 Å². The molecule has 8 heteroatoms. The van der Waals surface area contributed by atoms with Crippen LogP contribution in [0.4, 0.5) is 0 Å². The van der Waals surface area contributed by atoms with Gasteiger partial charge in [0.2, 0.25) is 10.0 Å². The maximum Gasteiger partial charge on any atom is 0.261 e. The van der Waals surface area contributed by atoms with Gasteiger partial charge in [-0.15, -0.1) is 11.3 Å². The average Bonchev–Trinajstić information content (AvgIpc) is 3.32. The highest BCUT2D eigenvalue weighted by molar-refractivity contribution is 7.89. The number of rotatable bonds is 7. The van der Waals surface area contributed by atoms with Crippen LogP contribution in [0.5, 0.6) is 0 Å². The third-order valence-corrected chi connectivity index (χ3v) is 7.40. The molecule has 6 nitrogen and oxygen atoms in total. The first kappa shape index (κ1) is 20.0. The van der Waals surface area contributed by atoms with Crippen molar-refractivity contribution in [3.8, 4) is 0 Å². The van der Waals surface area contributed by atoms with Gasteiger partial charge in [-0.1, -0.05) is 29.8 Å². The van der Waals surface area contributed by atoms with Gasteiger partial charge in [0.15, 0.2) is 0 Å². The lowest BCUT2D eigenvalue weighted by Gasteiger charge is -2.24. The van der Waals surface area contributed by atoms with Crippen LogP contribution in [0.3, 0.4) is 0 Å². The SMILES string of the molecule is CNC(=O)c1cc(S(=O)(=O)N(Cc2cccc(C)c2)CC2CCCO2)cs1. The lowest BCUT2D eigenvalue weighted by Crippen LogP contribution is -2.36. The van der Waals surface area contributed by atoms with Crippen LogP contribution in [0.1, 0.15) is 33.6 Å². The molecule has 1 aliphatic heterocycles. The van der Waals surface area contributed by atoms with Crippen molar-refractivity contribution in [2.45, 2.75) is 37.3 Å². The third kappa shape index (κ3) is 4.76. The molecule has 0 radical (unpaired) electrons. The Morgan fingerprint density at radius 3 is 2.85 bits per heavy atom. The summed E-state index contributed by atoms with van der Waals surface area (Å²) in [5.41, 5.74) is 2.01. The van der Waals surface area contributed by atoms with E-state index < -0.39 is 10.0 Å². The van der Waals surface area contributed by atoms with Gasteiger partial charge >= 0.3 is 0 Å². The van der Waals surface area contributed by atoms with Crippen molar-refractivity contribution in [3.05, 3.63) is 51.7 Å². The normalized spacial score (nSPS) is 17.4. The summed E-state index contributed by atoms with van der Waals surface area (Å²) < 4.78 is 33.7. The Balaban J connectivity index is 1.89. The summed E-state index contributed by atoms with van der Waals surface area (Å²) in [5, 5.41) is 4.05. The Labute approximate surface area is 164 Å². The molecule has 0 saturated carbocycles. The number of hydrogen-bond donors (Lipinski definition) is 1. The zero-order valence-corrected chi connectivity index (χ0v) is 17.1. The largest absolute Gasteiger partial charge is 0.377 e. The number of thiophene rings is 1. The molecule has 1 amide bonds. The molecule has 2 heterocycles. The predicted molar refractivity (Wildman–Crippen MR) is 105 cm³/mol. The number of nitrogens with one attached hydrogen (secondary N) is 1.